The zero-order chi connectivity index (χ0) is 14.4. The van der Waals surface area contributed by atoms with Crippen LogP contribution in [0.3, 0.4) is 0 Å². The first-order valence-corrected chi connectivity index (χ1v) is 6.79. The van der Waals surface area contributed by atoms with E-state index in [4.69, 9.17) is 9.47 Å². The number of carbonyl (C=O) groups is 1. The van der Waals surface area contributed by atoms with Crippen molar-refractivity contribution in [3.8, 4) is 5.75 Å². The Hall–Kier alpha value is -2.01. The molecule has 0 spiro atoms. The molecule has 2 rings (SSSR count). The molecule has 0 saturated carbocycles. The van der Waals surface area contributed by atoms with Crippen LogP contribution in [0.5, 0.6) is 5.75 Å². The number of halogens is 1. The molecule has 0 unspecified atom stereocenters. The summed E-state index contributed by atoms with van der Waals surface area (Å²) in [6, 6.07) is 14.8. The zero-order valence-corrected chi connectivity index (χ0v) is 12.5. The van der Waals surface area contributed by atoms with Gasteiger partial charge in [-0.1, -0.05) is 30.3 Å². The van der Waals surface area contributed by atoms with Gasteiger partial charge >= 0.3 is 6.09 Å². The van der Waals surface area contributed by atoms with Gasteiger partial charge in [0.1, 0.15) is 12.4 Å². The van der Waals surface area contributed by atoms with E-state index in [2.05, 4.69) is 21.2 Å². The highest BCUT2D eigenvalue weighted by Gasteiger charge is 2.08. The molecular formula is C15H14BrNO3. The fourth-order valence-electron chi connectivity index (χ4n) is 1.60. The Balaban J connectivity index is 1.94. The van der Waals surface area contributed by atoms with Gasteiger partial charge in [0.15, 0.2) is 0 Å². The normalized spacial score (nSPS) is 9.90. The van der Waals surface area contributed by atoms with Gasteiger partial charge in [0.2, 0.25) is 0 Å². The molecule has 1 amide bonds. The van der Waals surface area contributed by atoms with E-state index in [1.807, 2.05) is 30.3 Å². The quantitative estimate of drug-likeness (QED) is 0.910. The zero-order valence-electron chi connectivity index (χ0n) is 10.9. The lowest BCUT2D eigenvalue weighted by Gasteiger charge is -2.10. The minimum atomic E-state index is -0.511. The second-order valence-corrected chi connectivity index (χ2v) is 4.89. The molecule has 0 aliphatic rings. The first-order valence-electron chi connectivity index (χ1n) is 6.00. The Morgan fingerprint density at radius 2 is 1.95 bits per heavy atom. The standard InChI is InChI=1S/C15H14BrNO3/c1-19-12-7-8-13(16)14(9-12)17-15(18)20-10-11-5-3-2-4-6-11/h2-9H,10H2,1H3,(H,17,18). The molecule has 0 aliphatic heterocycles. The molecule has 2 aromatic rings. The number of nitrogens with one attached hydrogen (secondary N) is 1. The third kappa shape index (κ3) is 3.99. The van der Waals surface area contributed by atoms with Crippen molar-refractivity contribution in [2.75, 3.05) is 12.4 Å². The highest BCUT2D eigenvalue weighted by atomic mass is 79.9. The third-order valence-corrected chi connectivity index (χ3v) is 3.31. The van der Waals surface area contributed by atoms with E-state index in [0.29, 0.717) is 11.4 Å². The van der Waals surface area contributed by atoms with Crippen molar-refractivity contribution < 1.29 is 14.3 Å². The molecule has 0 bridgehead atoms. The molecule has 5 heteroatoms. The summed E-state index contributed by atoms with van der Waals surface area (Å²) in [7, 11) is 1.57. The lowest BCUT2D eigenvalue weighted by molar-refractivity contribution is 0.155. The molecule has 104 valence electrons. The van der Waals surface area contributed by atoms with Crippen LogP contribution in [-0.2, 0) is 11.3 Å². The fourth-order valence-corrected chi connectivity index (χ4v) is 1.94. The second-order valence-electron chi connectivity index (χ2n) is 4.03. The molecule has 0 saturated heterocycles. The Morgan fingerprint density at radius 3 is 2.65 bits per heavy atom. The average molecular weight is 336 g/mol. The Bertz CT molecular complexity index is 587. The summed E-state index contributed by atoms with van der Waals surface area (Å²) in [5.41, 5.74) is 1.54. The molecular weight excluding hydrogens is 322 g/mol. The molecule has 20 heavy (non-hydrogen) atoms. The van der Waals surface area contributed by atoms with E-state index >= 15 is 0 Å². The number of carbonyl (C=O) groups excluding carboxylic acids is 1. The van der Waals surface area contributed by atoms with Crippen LogP contribution in [0.4, 0.5) is 10.5 Å². The molecule has 0 fully saturated rings. The van der Waals surface area contributed by atoms with E-state index in [9.17, 15) is 4.79 Å². The number of rotatable bonds is 4. The van der Waals surface area contributed by atoms with Crippen LogP contribution < -0.4 is 10.1 Å². The maximum Gasteiger partial charge on any atom is 0.411 e. The maximum atomic E-state index is 11.7. The van der Waals surface area contributed by atoms with Gasteiger partial charge in [-0.25, -0.2) is 4.79 Å². The summed E-state index contributed by atoms with van der Waals surface area (Å²) in [5, 5.41) is 2.67. The number of anilines is 1. The van der Waals surface area contributed by atoms with E-state index < -0.39 is 6.09 Å². The van der Waals surface area contributed by atoms with E-state index in [0.717, 1.165) is 10.0 Å². The molecule has 0 aromatic heterocycles. The largest absolute Gasteiger partial charge is 0.497 e. The first kappa shape index (κ1) is 14.4. The Kier molecular flexibility index (Phi) is 5.01. The fraction of sp³-hybridized carbons (Fsp3) is 0.133. The van der Waals surface area contributed by atoms with E-state index in [-0.39, 0.29) is 6.61 Å². The second kappa shape index (κ2) is 6.96. The van der Waals surface area contributed by atoms with Gasteiger partial charge < -0.3 is 9.47 Å². The smallest absolute Gasteiger partial charge is 0.411 e. The maximum absolute atomic E-state index is 11.7. The summed E-state index contributed by atoms with van der Waals surface area (Å²) in [6.45, 7) is 0.230. The van der Waals surface area contributed by atoms with Crippen LogP contribution in [0.1, 0.15) is 5.56 Å². The Labute approximate surface area is 125 Å². The van der Waals surface area contributed by atoms with Gasteiger partial charge in [-0.3, -0.25) is 5.32 Å². The summed E-state index contributed by atoms with van der Waals surface area (Å²) >= 11 is 3.36. The minimum Gasteiger partial charge on any atom is -0.497 e. The third-order valence-electron chi connectivity index (χ3n) is 2.62. The highest BCUT2D eigenvalue weighted by molar-refractivity contribution is 9.10. The number of hydrogen-bond donors (Lipinski definition) is 1. The minimum absolute atomic E-state index is 0.230. The average Bonchev–Trinajstić information content (AvgIpc) is 2.48. The number of hydrogen-bond acceptors (Lipinski definition) is 3. The lowest BCUT2D eigenvalue weighted by Crippen LogP contribution is -2.13. The van der Waals surface area contributed by atoms with Gasteiger partial charge in [-0.05, 0) is 33.6 Å². The molecule has 0 aliphatic carbocycles. The van der Waals surface area contributed by atoms with Crippen LogP contribution in [0.15, 0.2) is 53.0 Å². The number of amides is 1. The van der Waals surface area contributed by atoms with Crippen molar-refractivity contribution in [1.82, 2.24) is 0 Å². The monoisotopic (exact) mass is 335 g/mol. The molecule has 0 atom stereocenters. The topological polar surface area (TPSA) is 47.6 Å². The summed E-state index contributed by atoms with van der Waals surface area (Å²) in [6.07, 6.45) is -0.511. The summed E-state index contributed by atoms with van der Waals surface area (Å²) in [4.78, 5) is 11.7. The highest BCUT2D eigenvalue weighted by Crippen LogP contribution is 2.27. The summed E-state index contributed by atoms with van der Waals surface area (Å²) in [5.74, 6) is 0.659. The molecule has 2 aromatic carbocycles. The first-order chi connectivity index (χ1) is 9.69. The van der Waals surface area contributed by atoms with Crippen molar-refractivity contribution in [3.05, 3.63) is 58.6 Å². The van der Waals surface area contributed by atoms with Crippen molar-refractivity contribution in [2.24, 2.45) is 0 Å². The van der Waals surface area contributed by atoms with Crippen molar-refractivity contribution in [3.63, 3.8) is 0 Å². The van der Waals surface area contributed by atoms with Crippen LogP contribution in [0, 0.1) is 0 Å². The molecule has 4 nitrogen and oxygen atoms in total. The lowest BCUT2D eigenvalue weighted by atomic mass is 10.2. The van der Waals surface area contributed by atoms with Gasteiger partial charge in [0, 0.05) is 10.5 Å². The van der Waals surface area contributed by atoms with Crippen LogP contribution in [0.25, 0.3) is 0 Å². The Morgan fingerprint density at radius 1 is 1.20 bits per heavy atom. The predicted octanol–water partition coefficient (Wildman–Crippen LogP) is 4.21. The van der Waals surface area contributed by atoms with Gasteiger partial charge in [-0.15, -0.1) is 0 Å². The van der Waals surface area contributed by atoms with E-state index in [1.54, 1.807) is 25.3 Å². The van der Waals surface area contributed by atoms with Crippen molar-refractivity contribution in [2.45, 2.75) is 6.61 Å². The van der Waals surface area contributed by atoms with E-state index in [1.165, 1.54) is 0 Å². The van der Waals surface area contributed by atoms with Gasteiger partial charge in [0.25, 0.3) is 0 Å². The molecule has 0 heterocycles. The van der Waals surface area contributed by atoms with Gasteiger partial charge in [-0.2, -0.15) is 0 Å². The van der Waals surface area contributed by atoms with Crippen LogP contribution >= 0.6 is 15.9 Å². The van der Waals surface area contributed by atoms with Crippen LogP contribution in [-0.4, -0.2) is 13.2 Å². The summed E-state index contributed by atoms with van der Waals surface area (Å²) < 4.78 is 11.0. The molecule has 0 radical (unpaired) electrons. The number of benzene rings is 2. The molecule has 1 N–H and O–H groups in total. The van der Waals surface area contributed by atoms with Crippen LogP contribution in [0.2, 0.25) is 0 Å². The van der Waals surface area contributed by atoms with Crippen molar-refractivity contribution in [1.29, 1.82) is 0 Å². The SMILES string of the molecule is COc1ccc(Br)c(NC(=O)OCc2ccccc2)c1. The number of ether oxygens (including phenoxy) is 2. The number of methoxy groups -OCH3 is 1. The van der Waals surface area contributed by atoms with Crippen molar-refractivity contribution >= 4 is 27.7 Å². The predicted molar refractivity (Wildman–Crippen MR) is 80.9 cm³/mol. The van der Waals surface area contributed by atoms with Gasteiger partial charge in [0.05, 0.1) is 12.8 Å².